The number of nitrogens with one attached hydrogen (secondary N) is 1. The van der Waals surface area contributed by atoms with Crippen LogP contribution in [0.1, 0.15) is 15.9 Å². The molecule has 9 heteroatoms. The number of ether oxygens (including phenoxy) is 3. The first-order chi connectivity index (χ1) is 12.8. The highest BCUT2D eigenvalue weighted by atomic mass is 127. The molecule has 0 saturated carbocycles. The van der Waals surface area contributed by atoms with Gasteiger partial charge in [0.15, 0.2) is 11.5 Å². The molecule has 0 saturated heterocycles. The van der Waals surface area contributed by atoms with Gasteiger partial charge in [0.05, 0.1) is 31.9 Å². The summed E-state index contributed by atoms with van der Waals surface area (Å²) in [5.74, 6) is 0.655. The largest absolute Gasteiger partial charge is 0.493 e. The number of methoxy groups -OCH3 is 2. The van der Waals surface area contributed by atoms with Crippen LogP contribution in [0.4, 0.5) is 13.2 Å². The van der Waals surface area contributed by atoms with Gasteiger partial charge in [-0.1, -0.05) is 6.07 Å². The van der Waals surface area contributed by atoms with E-state index in [9.17, 15) is 18.0 Å². The second kappa shape index (κ2) is 9.16. The zero-order valence-corrected chi connectivity index (χ0v) is 16.7. The zero-order valence-electron chi connectivity index (χ0n) is 14.5. The third kappa shape index (κ3) is 5.65. The molecule has 0 heterocycles. The maximum absolute atomic E-state index is 12.7. The third-order valence-corrected chi connectivity index (χ3v) is 4.43. The Morgan fingerprint density at radius 1 is 1.11 bits per heavy atom. The van der Waals surface area contributed by atoms with Gasteiger partial charge in [-0.3, -0.25) is 4.79 Å². The maximum atomic E-state index is 12.7. The lowest BCUT2D eigenvalue weighted by Gasteiger charge is -2.13. The van der Waals surface area contributed by atoms with Crippen LogP contribution in [-0.2, 0) is 6.18 Å². The predicted molar refractivity (Wildman–Crippen MR) is 102 cm³/mol. The molecule has 0 aliphatic heterocycles. The first kappa shape index (κ1) is 21.1. The van der Waals surface area contributed by atoms with Gasteiger partial charge in [0.1, 0.15) is 12.4 Å². The van der Waals surface area contributed by atoms with Crippen LogP contribution in [-0.4, -0.2) is 33.3 Å². The summed E-state index contributed by atoms with van der Waals surface area (Å²) >= 11 is 2.00. The second-order valence-electron chi connectivity index (χ2n) is 5.32. The van der Waals surface area contributed by atoms with E-state index in [4.69, 9.17) is 14.2 Å². The third-order valence-electron chi connectivity index (χ3n) is 3.54. The van der Waals surface area contributed by atoms with Crippen LogP contribution < -0.4 is 19.5 Å². The van der Waals surface area contributed by atoms with Crippen molar-refractivity contribution >= 4 is 28.5 Å². The molecule has 0 bridgehead atoms. The van der Waals surface area contributed by atoms with E-state index >= 15 is 0 Å². The highest BCUT2D eigenvalue weighted by molar-refractivity contribution is 14.1. The topological polar surface area (TPSA) is 56.8 Å². The molecule has 0 aliphatic rings. The highest BCUT2D eigenvalue weighted by Crippen LogP contribution is 2.32. The Bertz CT molecular complexity index is 812. The molecule has 0 radical (unpaired) electrons. The molecule has 27 heavy (non-hydrogen) atoms. The Labute approximate surface area is 167 Å². The smallest absolute Gasteiger partial charge is 0.416 e. The fourth-order valence-electron chi connectivity index (χ4n) is 2.22. The fraction of sp³-hybridized carbons (Fsp3) is 0.278. The molecule has 5 nitrogen and oxygen atoms in total. The number of amides is 1. The summed E-state index contributed by atoms with van der Waals surface area (Å²) in [7, 11) is 2.97. The molecule has 0 aliphatic carbocycles. The van der Waals surface area contributed by atoms with Crippen molar-refractivity contribution in [2.45, 2.75) is 6.18 Å². The van der Waals surface area contributed by atoms with Crippen LogP contribution in [0.2, 0.25) is 0 Å². The summed E-state index contributed by atoms with van der Waals surface area (Å²) in [6.45, 7) is 0.149. The Morgan fingerprint density at radius 3 is 2.41 bits per heavy atom. The minimum atomic E-state index is -4.43. The maximum Gasteiger partial charge on any atom is 0.416 e. The SMILES string of the molecule is COc1cc(I)c(C(=O)NCCOc2cccc(C(F)(F)F)c2)cc1OC. The number of hydrogen-bond donors (Lipinski definition) is 1. The predicted octanol–water partition coefficient (Wildman–Crippen LogP) is 4.14. The first-order valence-electron chi connectivity index (χ1n) is 7.76. The van der Waals surface area contributed by atoms with E-state index in [0.717, 1.165) is 12.1 Å². The van der Waals surface area contributed by atoms with Crippen LogP contribution >= 0.6 is 22.6 Å². The van der Waals surface area contributed by atoms with Crippen molar-refractivity contribution in [3.05, 3.63) is 51.1 Å². The molecule has 0 atom stereocenters. The summed E-state index contributed by atoms with van der Waals surface area (Å²) in [4.78, 5) is 12.3. The minimum Gasteiger partial charge on any atom is -0.493 e. The molecular weight excluding hydrogens is 478 g/mol. The van der Waals surface area contributed by atoms with Crippen LogP contribution in [0.25, 0.3) is 0 Å². The van der Waals surface area contributed by atoms with Gasteiger partial charge in [0.2, 0.25) is 0 Å². The fourth-order valence-corrected chi connectivity index (χ4v) is 2.90. The molecule has 2 aromatic carbocycles. The lowest BCUT2D eigenvalue weighted by molar-refractivity contribution is -0.137. The number of alkyl halides is 3. The van der Waals surface area contributed by atoms with Crippen molar-refractivity contribution in [3.63, 3.8) is 0 Å². The molecule has 1 amide bonds. The molecule has 0 spiro atoms. The van der Waals surface area contributed by atoms with E-state index in [-0.39, 0.29) is 24.8 Å². The summed E-state index contributed by atoms with van der Waals surface area (Å²) in [5, 5.41) is 2.66. The summed E-state index contributed by atoms with van der Waals surface area (Å²) in [5.41, 5.74) is -0.392. The van der Waals surface area contributed by atoms with Crippen molar-refractivity contribution in [1.29, 1.82) is 0 Å². The number of halogens is 4. The van der Waals surface area contributed by atoms with Gasteiger partial charge in [-0.2, -0.15) is 13.2 Å². The van der Waals surface area contributed by atoms with Crippen LogP contribution in [0.5, 0.6) is 17.2 Å². The van der Waals surface area contributed by atoms with Crippen molar-refractivity contribution in [1.82, 2.24) is 5.32 Å². The summed E-state index contributed by atoms with van der Waals surface area (Å²) in [6.07, 6.45) is -4.43. The van der Waals surface area contributed by atoms with Gasteiger partial charge in [-0.15, -0.1) is 0 Å². The number of hydrogen-bond acceptors (Lipinski definition) is 4. The lowest BCUT2D eigenvalue weighted by atomic mass is 10.2. The molecule has 0 aromatic heterocycles. The average molecular weight is 495 g/mol. The molecular formula is C18H17F3INO4. The van der Waals surface area contributed by atoms with Crippen LogP contribution in [0.3, 0.4) is 0 Å². The quantitative estimate of drug-likeness (QED) is 0.464. The Hall–Kier alpha value is -2.17. The Balaban J connectivity index is 1.94. The molecule has 0 fully saturated rings. The van der Waals surface area contributed by atoms with Gasteiger partial charge in [-0.25, -0.2) is 0 Å². The van der Waals surface area contributed by atoms with Crippen molar-refractivity contribution < 1.29 is 32.2 Å². The molecule has 2 aromatic rings. The zero-order chi connectivity index (χ0) is 20.0. The van der Waals surface area contributed by atoms with Crippen molar-refractivity contribution in [2.24, 2.45) is 0 Å². The monoisotopic (exact) mass is 495 g/mol. The van der Waals surface area contributed by atoms with E-state index < -0.39 is 11.7 Å². The van der Waals surface area contributed by atoms with Gasteiger partial charge in [-0.05, 0) is 52.9 Å². The summed E-state index contributed by atoms with van der Waals surface area (Å²) < 4.78 is 54.3. The van der Waals surface area contributed by atoms with Crippen molar-refractivity contribution in [2.75, 3.05) is 27.4 Å². The van der Waals surface area contributed by atoms with Gasteiger partial charge < -0.3 is 19.5 Å². The number of benzene rings is 2. The van der Waals surface area contributed by atoms with E-state index in [1.165, 1.54) is 26.4 Å². The van der Waals surface area contributed by atoms with Crippen LogP contribution in [0.15, 0.2) is 36.4 Å². The second-order valence-corrected chi connectivity index (χ2v) is 6.48. The van der Waals surface area contributed by atoms with Gasteiger partial charge >= 0.3 is 6.18 Å². The van der Waals surface area contributed by atoms with Gasteiger partial charge in [0.25, 0.3) is 5.91 Å². The molecule has 1 N–H and O–H groups in total. The summed E-state index contributed by atoms with van der Waals surface area (Å²) in [6, 6.07) is 7.81. The van der Waals surface area contributed by atoms with E-state index in [1.54, 1.807) is 12.1 Å². The average Bonchev–Trinajstić information content (AvgIpc) is 2.64. The van der Waals surface area contributed by atoms with E-state index in [2.05, 4.69) is 5.32 Å². The Kier molecular flexibility index (Phi) is 7.17. The van der Waals surface area contributed by atoms with E-state index in [0.29, 0.717) is 20.6 Å². The normalized spacial score (nSPS) is 11.0. The number of rotatable bonds is 7. The standard InChI is InChI=1S/C18H17F3INO4/c1-25-15-9-13(14(22)10-16(15)26-2)17(24)23-6-7-27-12-5-3-4-11(8-12)18(19,20)21/h3-5,8-10H,6-7H2,1-2H3,(H,23,24). The lowest BCUT2D eigenvalue weighted by Crippen LogP contribution is -2.28. The van der Waals surface area contributed by atoms with E-state index in [1.807, 2.05) is 22.6 Å². The minimum absolute atomic E-state index is 0.0247. The first-order valence-corrected chi connectivity index (χ1v) is 8.84. The number of carbonyl (C=O) groups is 1. The number of carbonyl (C=O) groups excluding carboxylic acids is 1. The molecule has 2 rings (SSSR count). The molecule has 0 unspecified atom stereocenters. The Morgan fingerprint density at radius 2 is 1.78 bits per heavy atom. The highest BCUT2D eigenvalue weighted by Gasteiger charge is 2.30. The van der Waals surface area contributed by atoms with Gasteiger partial charge in [0, 0.05) is 3.57 Å². The van der Waals surface area contributed by atoms with Crippen LogP contribution in [0, 0.1) is 3.57 Å². The van der Waals surface area contributed by atoms with Crippen molar-refractivity contribution in [3.8, 4) is 17.2 Å². The molecule has 146 valence electrons.